The van der Waals surface area contributed by atoms with E-state index < -0.39 is 0 Å². The van der Waals surface area contributed by atoms with Crippen LogP contribution in [0.2, 0.25) is 0 Å². The van der Waals surface area contributed by atoms with E-state index in [0.29, 0.717) is 23.9 Å². The molecule has 4 rings (SSSR count). The Labute approximate surface area is 155 Å². The van der Waals surface area contributed by atoms with Crippen LogP contribution in [0.25, 0.3) is 21.7 Å². The number of carbonyl (C=O) groups excluding carboxylic acids is 1. The van der Waals surface area contributed by atoms with E-state index in [0.717, 1.165) is 16.8 Å². The number of hydrogen-bond donors (Lipinski definition) is 2. The molecule has 3 aromatic heterocycles. The highest BCUT2D eigenvalue weighted by Crippen LogP contribution is 2.26. The van der Waals surface area contributed by atoms with Gasteiger partial charge in [-0.3, -0.25) is 4.79 Å². The number of aromatic nitrogens is 2. The maximum absolute atomic E-state index is 12.3. The third-order valence-corrected chi connectivity index (χ3v) is 5.20. The lowest BCUT2D eigenvalue weighted by Gasteiger charge is -2.04. The van der Waals surface area contributed by atoms with Crippen LogP contribution < -0.4 is 5.32 Å². The van der Waals surface area contributed by atoms with Crippen LogP contribution in [0.5, 0.6) is 0 Å². The number of carbonyl (C=O) groups is 1. The zero-order valence-corrected chi connectivity index (χ0v) is 15.2. The Morgan fingerprint density at radius 2 is 2.15 bits per heavy atom. The smallest absolute Gasteiger partial charge is 0.236 e. The summed E-state index contributed by atoms with van der Waals surface area (Å²) in [5.74, 6) is 1.23. The van der Waals surface area contributed by atoms with E-state index in [1.54, 1.807) is 11.3 Å². The summed E-state index contributed by atoms with van der Waals surface area (Å²) >= 11 is 1.57. The number of para-hydroxylation sites is 1. The van der Waals surface area contributed by atoms with Gasteiger partial charge < -0.3 is 14.7 Å². The first-order valence-corrected chi connectivity index (χ1v) is 9.40. The van der Waals surface area contributed by atoms with Gasteiger partial charge >= 0.3 is 0 Å². The summed E-state index contributed by atoms with van der Waals surface area (Å²) in [5, 5.41) is 6.16. The minimum atomic E-state index is -0.0426. The number of nitrogens with one attached hydrogen (secondary N) is 2. The summed E-state index contributed by atoms with van der Waals surface area (Å²) in [5.41, 5.74) is 3.02. The Hall–Kier alpha value is -2.86. The summed E-state index contributed by atoms with van der Waals surface area (Å²) in [6.45, 7) is 2.44. The molecule has 6 heteroatoms. The molecule has 0 aliphatic heterocycles. The Balaban J connectivity index is 1.34. The number of thiophene rings is 1. The molecule has 0 aliphatic carbocycles. The lowest BCUT2D eigenvalue weighted by atomic mass is 10.1. The molecule has 0 aliphatic rings. The molecule has 0 atom stereocenters. The number of H-pyrrole nitrogens is 1. The van der Waals surface area contributed by atoms with Gasteiger partial charge in [-0.15, -0.1) is 11.3 Å². The van der Waals surface area contributed by atoms with Crippen molar-refractivity contribution in [3.05, 3.63) is 65.0 Å². The van der Waals surface area contributed by atoms with Gasteiger partial charge in [-0.25, -0.2) is 4.98 Å². The number of rotatable bonds is 6. The minimum absolute atomic E-state index is 0.0426. The van der Waals surface area contributed by atoms with Gasteiger partial charge in [0.25, 0.3) is 0 Å². The molecule has 0 spiro atoms. The van der Waals surface area contributed by atoms with Crippen molar-refractivity contribution in [1.29, 1.82) is 0 Å². The monoisotopic (exact) mass is 365 g/mol. The van der Waals surface area contributed by atoms with Crippen molar-refractivity contribution in [3.8, 4) is 10.8 Å². The van der Waals surface area contributed by atoms with E-state index in [9.17, 15) is 4.79 Å². The third-order valence-electron chi connectivity index (χ3n) is 4.34. The summed E-state index contributed by atoms with van der Waals surface area (Å²) in [4.78, 5) is 21.0. The van der Waals surface area contributed by atoms with Crippen LogP contribution >= 0.6 is 11.3 Å². The number of oxazole rings is 1. The third kappa shape index (κ3) is 3.41. The predicted molar refractivity (Wildman–Crippen MR) is 103 cm³/mol. The van der Waals surface area contributed by atoms with Gasteiger partial charge in [0.15, 0.2) is 0 Å². The Morgan fingerprint density at radius 3 is 3.00 bits per heavy atom. The molecule has 5 nitrogen and oxygen atoms in total. The van der Waals surface area contributed by atoms with Crippen LogP contribution in [-0.4, -0.2) is 22.4 Å². The number of benzene rings is 1. The number of hydrogen-bond acceptors (Lipinski definition) is 4. The molecule has 0 radical (unpaired) electrons. The van der Waals surface area contributed by atoms with Crippen molar-refractivity contribution in [2.75, 3.05) is 6.54 Å². The van der Waals surface area contributed by atoms with Crippen LogP contribution in [0.15, 0.2) is 52.4 Å². The van der Waals surface area contributed by atoms with Crippen LogP contribution in [-0.2, 0) is 17.6 Å². The highest BCUT2D eigenvalue weighted by molar-refractivity contribution is 7.13. The number of amides is 1. The van der Waals surface area contributed by atoms with Crippen LogP contribution in [0, 0.1) is 6.92 Å². The predicted octanol–water partition coefficient (Wildman–Crippen LogP) is 4.09. The first-order chi connectivity index (χ1) is 12.7. The average molecular weight is 365 g/mol. The van der Waals surface area contributed by atoms with Crippen LogP contribution in [0.1, 0.15) is 17.0 Å². The molecule has 1 aromatic carbocycles. The normalized spacial score (nSPS) is 11.1. The van der Waals surface area contributed by atoms with Crippen molar-refractivity contribution in [2.45, 2.75) is 19.8 Å². The van der Waals surface area contributed by atoms with Crippen LogP contribution in [0.4, 0.5) is 0 Å². The fourth-order valence-corrected chi connectivity index (χ4v) is 3.64. The van der Waals surface area contributed by atoms with Gasteiger partial charge in [0, 0.05) is 23.6 Å². The molecule has 2 N–H and O–H groups in total. The molecule has 26 heavy (non-hydrogen) atoms. The molecule has 0 bridgehead atoms. The maximum Gasteiger partial charge on any atom is 0.236 e. The van der Waals surface area contributed by atoms with Crippen molar-refractivity contribution < 1.29 is 9.21 Å². The van der Waals surface area contributed by atoms with E-state index in [1.165, 1.54) is 10.9 Å². The molecule has 0 unspecified atom stereocenters. The van der Waals surface area contributed by atoms with Gasteiger partial charge in [-0.1, -0.05) is 24.3 Å². The first-order valence-electron chi connectivity index (χ1n) is 8.52. The fourth-order valence-electron chi connectivity index (χ4n) is 2.99. The fraction of sp³-hybridized carbons (Fsp3) is 0.200. The number of nitrogens with zero attached hydrogens (tertiary/aromatic N) is 1. The standard InChI is InChI=1S/C20H19N3O2S/c1-13-17(23-20(25-13)18-7-4-10-26-18)11-19(24)21-9-8-14-12-22-16-6-3-2-5-15(14)16/h2-7,10,12,22H,8-9,11H2,1H3,(H,21,24). The molecular weight excluding hydrogens is 346 g/mol. The Bertz CT molecular complexity index is 1030. The Morgan fingerprint density at radius 1 is 1.27 bits per heavy atom. The topological polar surface area (TPSA) is 70.9 Å². The quantitative estimate of drug-likeness (QED) is 0.540. The SMILES string of the molecule is Cc1oc(-c2cccs2)nc1CC(=O)NCCc1c[nH]c2ccccc12. The van der Waals surface area contributed by atoms with Gasteiger partial charge in [0.2, 0.25) is 11.8 Å². The lowest BCUT2D eigenvalue weighted by molar-refractivity contribution is -0.120. The van der Waals surface area contributed by atoms with Gasteiger partial charge in [-0.05, 0) is 36.4 Å². The van der Waals surface area contributed by atoms with Gasteiger partial charge in [-0.2, -0.15) is 0 Å². The minimum Gasteiger partial charge on any atom is -0.440 e. The number of aryl methyl sites for hydroxylation is 1. The van der Waals surface area contributed by atoms with Crippen molar-refractivity contribution in [3.63, 3.8) is 0 Å². The first kappa shape index (κ1) is 16.6. The van der Waals surface area contributed by atoms with Gasteiger partial charge in [0.1, 0.15) is 5.76 Å². The largest absolute Gasteiger partial charge is 0.440 e. The van der Waals surface area contributed by atoms with E-state index in [-0.39, 0.29) is 12.3 Å². The molecule has 1 amide bonds. The summed E-state index contributed by atoms with van der Waals surface area (Å²) in [6, 6.07) is 12.1. The van der Waals surface area contributed by atoms with Crippen molar-refractivity contribution in [1.82, 2.24) is 15.3 Å². The molecule has 0 saturated heterocycles. The second-order valence-corrected chi connectivity index (χ2v) is 7.08. The van der Waals surface area contributed by atoms with E-state index in [2.05, 4.69) is 27.4 Å². The van der Waals surface area contributed by atoms with E-state index in [4.69, 9.17) is 4.42 Å². The average Bonchev–Trinajstić information content (AvgIpc) is 3.36. The highest BCUT2D eigenvalue weighted by Gasteiger charge is 2.15. The lowest BCUT2D eigenvalue weighted by Crippen LogP contribution is -2.27. The highest BCUT2D eigenvalue weighted by atomic mass is 32.1. The van der Waals surface area contributed by atoms with Crippen molar-refractivity contribution in [2.24, 2.45) is 0 Å². The zero-order chi connectivity index (χ0) is 17.9. The number of aromatic amines is 1. The molecular formula is C20H19N3O2S. The summed E-state index contributed by atoms with van der Waals surface area (Å²) < 4.78 is 5.69. The van der Waals surface area contributed by atoms with Gasteiger partial charge in [0.05, 0.1) is 17.0 Å². The molecule has 4 aromatic rings. The van der Waals surface area contributed by atoms with Crippen LogP contribution in [0.3, 0.4) is 0 Å². The maximum atomic E-state index is 12.3. The molecule has 3 heterocycles. The molecule has 132 valence electrons. The van der Waals surface area contributed by atoms with Crippen molar-refractivity contribution >= 4 is 28.1 Å². The van der Waals surface area contributed by atoms with E-state index >= 15 is 0 Å². The second-order valence-electron chi connectivity index (χ2n) is 6.14. The van der Waals surface area contributed by atoms with E-state index in [1.807, 2.05) is 42.8 Å². The zero-order valence-electron chi connectivity index (χ0n) is 14.4. The number of fused-ring (bicyclic) bond motifs is 1. The Kier molecular flexibility index (Phi) is 4.58. The second kappa shape index (κ2) is 7.17. The summed E-state index contributed by atoms with van der Waals surface area (Å²) in [6.07, 6.45) is 3.02. The molecule has 0 fully saturated rings. The molecule has 0 saturated carbocycles. The summed E-state index contributed by atoms with van der Waals surface area (Å²) in [7, 11) is 0.